The molecule has 1 N–H and O–H groups in total. The van der Waals surface area contributed by atoms with E-state index >= 15 is 0 Å². The summed E-state index contributed by atoms with van der Waals surface area (Å²) in [5.74, 6) is 0. The van der Waals surface area contributed by atoms with E-state index in [1.807, 2.05) is 27.7 Å². The van der Waals surface area contributed by atoms with Crippen molar-refractivity contribution in [1.82, 2.24) is 5.32 Å². The Bertz CT molecular complexity index is 63.4. The fourth-order valence-corrected chi connectivity index (χ4v) is 0.577. The summed E-state index contributed by atoms with van der Waals surface area (Å²) in [6, 6.07) is -0.0729. The average molecular weight is 102 g/mol. The summed E-state index contributed by atoms with van der Waals surface area (Å²) in [5, 5.41) is 3.05. The van der Waals surface area contributed by atoms with Crippen molar-refractivity contribution >= 4 is 0 Å². The molecule has 0 fully saturated rings. The SMILES string of the molecule is [2H]C(C)(C)NC(C)C. The highest BCUT2D eigenvalue weighted by Gasteiger charge is 1.92. The molecule has 1 heteroatoms. The normalized spacial score (nSPS) is 14.7. The fourth-order valence-electron chi connectivity index (χ4n) is 0.577. The molecular weight excluding hydrogens is 86.1 g/mol. The zero-order chi connectivity index (χ0) is 6.78. The Morgan fingerprint density at radius 1 is 1.29 bits per heavy atom. The van der Waals surface area contributed by atoms with E-state index in [0.717, 1.165) is 0 Å². The second-order valence-electron chi connectivity index (χ2n) is 2.30. The molecule has 0 heterocycles. The van der Waals surface area contributed by atoms with Gasteiger partial charge in [-0.15, -0.1) is 0 Å². The van der Waals surface area contributed by atoms with E-state index in [2.05, 4.69) is 5.32 Å². The molecule has 7 heavy (non-hydrogen) atoms. The number of hydrogen-bond donors (Lipinski definition) is 1. The van der Waals surface area contributed by atoms with Crippen molar-refractivity contribution in [1.29, 1.82) is 0 Å². The minimum atomic E-state index is -0.478. The second-order valence-corrected chi connectivity index (χ2v) is 2.30. The molecule has 0 aliphatic rings. The Morgan fingerprint density at radius 3 is 1.71 bits per heavy atom. The maximum Gasteiger partial charge on any atom is 0.0459 e. The van der Waals surface area contributed by atoms with Gasteiger partial charge in [-0.05, 0) is 0 Å². The number of nitrogens with one attached hydrogen (secondary N) is 1. The molecule has 0 aromatic rings. The summed E-state index contributed by atoms with van der Waals surface area (Å²) in [4.78, 5) is 0. The first-order valence-electron chi connectivity index (χ1n) is 3.19. The highest BCUT2D eigenvalue weighted by molar-refractivity contribution is 4.55. The van der Waals surface area contributed by atoms with Crippen LogP contribution in [0.4, 0.5) is 0 Å². The first-order valence-corrected chi connectivity index (χ1v) is 2.69. The largest absolute Gasteiger partial charge is 0.312 e. The summed E-state index contributed by atoms with van der Waals surface area (Å²) in [7, 11) is 0. The summed E-state index contributed by atoms with van der Waals surface area (Å²) in [6.07, 6.45) is 0. The van der Waals surface area contributed by atoms with Crippen LogP contribution in [0.5, 0.6) is 0 Å². The van der Waals surface area contributed by atoms with Crippen LogP contribution < -0.4 is 5.32 Å². The predicted octanol–water partition coefficient (Wildman–Crippen LogP) is 1.39. The third-order valence-electron chi connectivity index (χ3n) is 0.577. The molecule has 0 aromatic carbocycles. The Morgan fingerprint density at radius 2 is 1.71 bits per heavy atom. The van der Waals surface area contributed by atoms with Gasteiger partial charge in [-0.25, -0.2) is 0 Å². The zero-order valence-electron chi connectivity index (χ0n) is 6.58. The minimum Gasteiger partial charge on any atom is -0.312 e. The van der Waals surface area contributed by atoms with Crippen LogP contribution in [0.3, 0.4) is 0 Å². The molecule has 0 atom stereocenters. The highest BCUT2D eigenvalue weighted by atomic mass is 14.9. The smallest absolute Gasteiger partial charge is 0.0459 e. The quantitative estimate of drug-likeness (QED) is 0.555. The molecule has 0 radical (unpaired) electrons. The van der Waals surface area contributed by atoms with Gasteiger partial charge in [0, 0.05) is 13.4 Å². The van der Waals surface area contributed by atoms with Crippen LogP contribution in [-0.2, 0) is 0 Å². The summed E-state index contributed by atoms with van der Waals surface area (Å²) in [5.41, 5.74) is 0. The molecule has 0 aromatic heterocycles. The van der Waals surface area contributed by atoms with E-state index in [-0.39, 0.29) is 0 Å². The summed E-state index contributed by atoms with van der Waals surface area (Å²) < 4.78 is 7.35. The lowest BCUT2D eigenvalue weighted by Crippen LogP contribution is -2.29. The molecule has 0 bridgehead atoms. The van der Waals surface area contributed by atoms with Gasteiger partial charge in [-0.3, -0.25) is 0 Å². The van der Waals surface area contributed by atoms with Crippen LogP contribution >= 0.6 is 0 Å². The first-order chi connectivity index (χ1) is 3.42. The third-order valence-corrected chi connectivity index (χ3v) is 0.577. The van der Waals surface area contributed by atoms with Crippen LogP contribution in [0.15, 0.2) is 0 Å². The molecule has 0 aliphatic heterocycles. The van der Waals surface area contributed by atoms with Crippen LogP contribution in [0, 0.1) is 0 Å². The topological polar surface area (TPSA) is 12.0 Å². The Hall–Kier alpha value is -0.0400. The van der Waals surface area contributed by atoms with Crippen LogP contribution in [-0.4, -0.2) is 12.1 Å². The fraction of sp³-hybridized carbons (Fsp3) is 1.00. The predicted molar refractivity (Wildman–Crippen MR) is 33.4 cm³/mol. The van der Waals surface area contributed by atoms with E-state index < -0.39 is 6.02 Å². The molecule has 0 unspecified atom stereocenters. The molecule has 0 saturated heterocycles. The van der Waals surface area contributed by atoms with Crippen molar-refractivity contribution in [3.8, 4) is 0 Å². The molecule has 0 amide bonds. The molecule has 0 saturated carbocycles. The van der Waals surface area contributed by atoms with Crippen molar-refractivity contribution in [3.05, 3.63) is 0 Å². The van der Waals surface area contributed by atoms with Crippen LogP contribution in [0.1, 0.15) is 29.1 Å². The lowest BCUT2D eigenvalue weighted by molar-refractivity contribution is 0.518. The van der Waals surface area contributed by atoms with Crippen molar-refractivity contribution in [2.75, 3.05) is 0 Å². The molecule has 1 nitrogen and oxygen atoms in total. The molecular formula is C6H15N. The molecule has 0 rings (SSSR count). The highest BCUT2D eigenvalue weighted by Crippen LogP contribution is 1.80. The van der Waals surface area contributed by atoms with E-state index in [4.69, 9.17) is 1.37 Å². The van der Waals surface area contributed by atoms with E-state index in [1.54, 1.807) is 0 Å². The van der Waals surface area contributed by atoms with Gasteiger partial charge in [0.1, 0.15) is 0 Å². The third kappa shape index (κ3) is 5.96. The van der Waals surface area contributed by atoms with Crippen molar-refractivity contribution in [2.45, 2.75) is 39.8 Å². The van der Waals surface area contributed by atoms with Gasteiger partial charge in [0.15, 0.2) is 0 Å². The first kappa shape index (κ1) is 5.10. The zero-order valence-corrected chi connectivity index (χ0v) is 5.58. The average Bonchev–Trinajstić information content (AvgIpc) is 1.21. The van der Waals surface area contributed by atoms with Gasteiger partial charge in [-0.2, -0.15) is 0 Å². The maximum absolute atomic E-state index is 7.35. The molecule has 0 aliphatic carbocycles. The summed E-state index contributed by atoms with van der Waals surface area (Å²) >= 11 is 0. The van der Waals surface area contributed by atoms with Gasteiger partial charge >= 0.3 is 0 Å². The maximum atomic E-state index is 7.35. The standard InChI is InChI=1S/C6H15N/c1-5(2)7-6(3)4/h5-7H,1-4H3/i5D. The lowest BCUT2D eigenvalue weighted by Gasteiger charge is -2.10. The van der Waals surface area contributed by atoms with Gasteiger partial charge in [0.05, 0.1) is 0 Å². The second kappa shape index (κ2) is 3.03. The van der Waals surface area contributed by atoms with E-state index in [9.17, 15) is 0 Å². The van der Waals surface area contributed by atoms with Gasteiger partial charge in [0.25, 0.3) is 0 Å². The number of hydrogen-bond acceptors (Lipinski definition) is 1. The Balaban J connectivity index is 3.39. The van der Waals surface area contributed by atoms with E-state index in [1.165, 1.54) is 0 Å². The minimum absolute atomic E-state index is 0.405. The summed E-state index contributed by atoms with van der Waals surface area (Å²) in [6.45, 7) is 7.76. The lowest BCUT2D eigenvalue weighted by atomic mass is 10.3. The van der Waals surface area contributed by atoms with Gasteiger partial charge in [-0.1, -0.05) is 27.7 Å². The molecule has 44 valence electrons. The van der Waals surface area contributed by atoms with E-state index in [0.29, 0.717) is 6.04 Å². The van der Waals surface area contributed by atoms with Crippen molar-refractivity contribution in [3.63, 3.8) is 0 Å². The van der Waals surface area contributed by atoms with Gasteiger partial charge in [0.2, 0.25) is 0 Å². The Kier molecular flexibility index (Phi) is 2.21. The van der Waals surface area contributed by atoms with Crippen molar-refractivity contribution in [2.24, 2.45) is 0 Å². The Labute approximate surface area is 47.5 Å². The van der Waals surface area contributed by atoms with Crippen molar-refractivity contribution < 1.29 is 1.37 Å². The van der Waals surface area contributed by atoms with Crippen LogP contribution in [0.2, 0.25) is 0 Å². The molecule has 0 spiro atoms. The van der Waals surface area contributed by atoms with Gasteiger partial charge < -0.3 is 5.32 Å². The number of rotatable bonds is 2. The van der Waals surface area contributed by atoms with Crippen LogP contribution in [0.25, 0.3) is 0 Å². The monoisotopic (exact) mass is 102 g/mol.